The molecule has 33 heavy (non-hydrogen) atoms. The van der Waals surface area contributed by atoms with Gasteiger partial charge in [-0.3, -0.25) is 28.1 Å². The van der Waals surface area contributed by atoms with E-state index in [0.717, 1.165) is 28.3 Å². The van der Waals surface area contributed by atoms with Crippen LogP contribution in [0, 0.1) is 0 Å². The summed E-state index contributed by atoms with van der Waals surface area (Å²) in [5, 5.41) is 10.7. The van der Waals surface area contributed by atoms with E-state index in [-0.39, 0.29) is 0 Å². The van der Waals surface area contributed by atoms with Crippen LogP contribution >= 0.6 is 7.60 Å². The highest BCUT2D eigenvalue weighted by molar-refractivity contribution is 7.55. The lowest BCUT2D eigenvalue weighted by atomic mass is 9.96. The Bertz CT molecular complexity index is 1070. The lowest BCUT2D eigenvalue weighted by Crippen LogP contribution is -2.46. The van der Waals surface area contributed by atoms with Crippen LogP contribution in [0.4, 0.5) is 0 Å². The fourth-order valence-corrected chi connectivity index (χ4v) is 4.56. The zero-order valence-corrected chi connectivity index (χ0v) is 21.5. The molecule has 0 fully saturated rings. The Morgan fingerprint density at radius 1 is 0.879 bits per heavy atom. The van der Waals surface area contributed by atoms with E-state index in [1.807, 2.05) is 0 Å². The van der Waals surface area contributed by atoms with Gasteiger partial charge in [-0.25, -0.2) is 4.79 Å². The lowest BCUT2D eigenvalue weighted by Gasteiger charge is -2.33. The highest BCUT2D eigenvalue weighted by atomic mass is 31.2. The summed E-state index contributed by atoms with van der Waals surface area (Å²) in [7, 11) is -0.219. The first kappa shape index (κ1) is 28.6. The van der Waals surface area contributed by atoms with Gasteiger partial charge in [0.2, 0.25) is 5.88 Å². The van der Waals surface area contributed by atoms with Gasteiger partial charge >= 0.3 is 25.2 Å². The molecule has 0 saturated heterocycles. The van der Waals surface area contributed by atoms with Crippen molar-refractivity contribution in [2.24, 2.45) is 14.1 Å². The van der Waals surface area contributed by atoms with E-state index < -0.39 is 65.0 Å². The van der Waals surface area contributed by atoms with Gasteiger partial charge < -0.3 is 23.6 Å². The second-order valence-electron chi connectivity index (χ2n) is 9.34. The summed E-state index contributed by atoms with van der Waals surface area (Å²) in [6.45, 7) is 9.23. The third-order valence-electron chi connectivity index (χ3n) is 4.45. The zero-order valence-electron chi connectivity index (χ0n) is 20.6. The van der Waals surface area contributed by atoms with E-state index in [2.05, 4.69) is 0 Å². The van der Waals surface area contributed by atoms with Crippen molar-refractivity contribution in [3.05, 3.63) is 26.4 Å². The molecule has 2 unspecified atom stereocenters. The number of rotatable bonds is 7. The van der Waals surface area contributed by atoms with Gasteiger partial charge in [-0.15, -0.1) is 0 Å². The second-order valence-corrected chi connectivity index (χ2v) is 11.7. The number of aromatic nitrogens is 2. The quantitative estimate of drug-likeness (QED) is 0.437. The number of carbonyl (C=O) groups is 2. The highest BCUT2D eigenvalue weighted by Gasteiger charge is 2.54. The zero-order chi connectivity index (χ0) is 26.1. The SMILES string of the molecule is COP(=O)(OC)C(C(=O)OC(C)(C)C)C(C(=O)OC(C)(C)C)c1c(O)n(C)c(=O)n(C)c1=O. The van der Waals surface area contributed by atoms with Gasteiger partial charge in [0.05, 0.1) is 5.56 Å². The van der Waals surface area contributed by atoms with Crippen molar-refractivity contribution in [2.75, 3.05) is 14.2 Å². The minimum atomic E-state index is -4.48. The maximum absolute atomic E-state index is 13.5. The van der Waals surface area contributed by atoms with Gasteiger partial charge in [0.25, 0.3) is 5.56 Å². The van der Waals surface area contributed by atoms with Crippen molar-refractivity contribution in [3.63, 3.8) is 0 Å². The maximum atomic E-state index is 13.5. The van der Waals surface area contributed by atoms with E-state index in [0.29, 0.717) is 9.13 Å². The smallest absolute Gasteiger partial charge is 0.345 e. The molecular weight excluding hydrogens is 459 g/mol. The van der Waals surface area contributed by atoms with Crippen molar-refractivity contribution < 1.29 is 37.8 Å². The van der Waals surface area contributed by atoms with Gasteiger partial charge in [-0.2, -0.15) is 0 Å². The summed E-state index contributed by atoms with van der Waals surface area (Å²) in [5.74, 6) is -5.29. The van der Waals surface area contributed by atoms with Gasteiger partial charge in [0.1, 0.15) is 17.1 Å². The minimum absolute atomic E-state index is 0.628. The molecule has 0 aliphatic heterocycles. The van der Waals surface area contributed by atoms with Gasteiger partial charge in [-0.1, -0.05) is 0 Å². The van der Waals surface area contributed by atoms with Crippen LogP contribution in [0.25, 0.3) is 0 Å². The molecule has 0 radical (unpaired) electrons. The number of hydrogen-bond acceptors (Lipinski definition) is 10. The molecule has 188 valence electrons. The molecule has 2 atom stereocenters. The van der Waals surface area contributed by atoms with E-state index in [1.54, 1.807) is 0 Å². The van der Waals surface area contributed by atoms with Crippen molar-refractivity contribution in [1.82, 2.24) is 9.13 Å². The van der Waals surface area contributed by atoms with Crippen LogP contribution in [0.2, 0.25) is 0 Å². The summed E-state index contributed by atoms with van der Waals surface area (Å²) in [6, 6.07) is 0. The Morgan fingerprint density at radius 2 is 1.30 bits per heavy atom. The molecule has 0 aliphatic carbocycles. The average molecular weight is 492 g/mol. The van der Waals surface area contributed by atoms with Gasteiger partial charge in [0, 0.05) is 28.3 Å². The fraction of sp³-hybridized carbons (Fsp3) is 0.700. The van der Waals surface area contributed by atoms with Crippen molar-refractivity contribution >= 4 is 19.5 Å². The van der Waals surface area contributed by atoms with Crippen LogP contribution in [0.3, 0.4) is 0 Å². The first-order valence-corrected chi connectivity index (χ1v) is 11.6. The monoisotopic (exact) mass is 492 g/mol. The lowest BCUT2D eigenvalue weighted by molar-refractivity contribution is -0.164. The predicted molar refractivity (Wildman–Crippen MR) is 118 cm³/mol. The van der Waals surface area contributed by atoms with E-state index >= 15 is 0 Å². The van der Waals surface area contributed by atoms with Crippen molar-refractivity contribution in [3.8, 4) is 5.88 Å². The minimum Gasteiger partial charge on any atom is -0.494 e. The van der Waals surface area contributed by atoms with Crippen LogP contribution < -0.4 is 11.2 Å². The normalized spacial score (nSPS) is 14.5. The Balaban J connectivity index is 4.11. The Kier molecular flexibility index (Phi) is 8.51. The number of esters is 2. The van der Waals surface area contributed by atoms with E-state index in [1.165, 1.54) is 41.5 Å². The van der Waals surface area contributed by atoms with Gasteiger partial charge in [0.15, 0.2) is 5.66 Å². The number of hydrogen-bond donors (Lipinski definition) is 1. The standard InChI is InChI=1S/C20H33N2O10P/c1-19(2,3)31-16(25)11(12-14(23)21(7)18(27)22(8)15(12)24)13(33(28,29-9)30-10)17(26)32-20(4,5)6/h11,13,23H,1-10H3. The summed E-state index contributed by atoms with van der Waals surface area (Å²) < 4.78 is 35.6. The molecule has 1 aromatic heterocycles. The molecule has 1 N–H and O–H groups in total. The molecule has 0 aliphatic rings. The van der Waals surface area contributed by atoms with E-state index in [9.17, 15) is 28.8 Å². The molecule has 12 nitrogen and oxygen atoms in total. The maximum Gasteiger partial charge on any atom is 0.345 e. The molecule has 1 heterocycles. The molecule has 0 spiro atoms. The van der Waals surface area contributed by atoms with Crippen molar-refractivity contribution in [2.45, 2.75) is 64.3 Å². The third kappa shape index (κ3) is 6.33. The fourth-order valence-electron chi connectivity index (χ4n) is 3.01. The molecule has 0 bridgehead atoms. The average Bonchev–Trinajstić information content (AvgIpc) is 2.67. The Hall–Kier alpha value is -2.43. The van der Waals surface area contributed by atoms with Crippen LogP contribution in [0.5, 0.6) is 5.88 Å². The topological polar surface area (TPSA) is 152 Å². The second kappa shape index (κ2) is 9.82. The molecule has 13 heteroatoms. The first-order valence-electron chi connectivity index (χ1n) is 9.97. The van der Waals surface area contributed by atoms with Gasteiger partial charge in [-0.05, 0) is 41.5 Å². The Labute approximate surface area is 191 Å². The van der Waals surface area contributed by atoms with Crippen LogP contribution in [0.1, 0.15) is 53.0 Å². The predicted octanol–water partition coefficient (Wildman–Crippen LogP) is 1.41. The van der Waals surface area contributed by atoms with Crippen LogP contribution in [-0.4, -0.2) is 57.3 Å². The number of nitrogens with zero attached hydrogens (tertiary/aromatic N) is 2. The molecule has 0 amide bonds. The summed E-state index contributed by atoms with van der Waals surface area (Å²) >= 11 is 0. The van der Waals surface area contributed by atoms with E-state index in [4.69, 9.17) is 18.5 Å². The largest absolute Gasteiger partial charge is 0.494 e. The van der Waals surface area contributed by atoms with Crippen molar-refractivity contribution in [1.29, 1.82) is 0 Å². The number of aromatic hydroxyl groups is 1. The summed E-state index contributed by atoms with van der Waals surface area (Å²) in [6.07, 6.45) is 0. The first-order chi connectivity index (χ1) is 14.8. The number of carbonyl (C=O) groups excluding carboxylic acids is 2. The molecular formula is C20H33N2O10P. The molecule has 0 aromatic carbocycles. The molecule has 1 rings (SSSR count). The van der Waals surface area contributed by atoms with Crippen LogP contribution in [-0.2, 0) is 46.8 Å². The van der Waals surface area contributed by atoms with Crippen LogP contribution in [0.15, 0.2) is 9.59 Å². The molecule has 1 aromatic rings. The highest BCUT2D eigenvalue weighted by Crippen LogP contribution is 2.57. The molecule has 0 saturated carbocycles. The Morgan fingerprint density at radius 3 is 1.70 bits per heavy atom. The third-order valence-corrected chi connectivity index (χ3v) is 6.66. The number of ether oxygens (including phenoxy) is 2. The summed E-state index contributed by atoms with van der Waals surface area (Å²) in [5.41, 5.74) is -6.91. The summed E-state index contributed by atoms with van der Waals surface area (Å²) in [4.78, 5) is 51.9.